The summed E-state index contributed by atoms with van der Waals surface area (Å²) in [4.78, 5) is 28.6. The van der Waals surface area contributed by atoms with E-state index in [4.69, 9.17) is 0 Å². The van der Waals surface area contributed by atoms with E-state index in [2.05, 4.69) is 10.3 Å². The molecule has 1 atom stereocenters. The number of phenols is 2. The highest BCUT2D eigenvalue weighted by Gasteiger charge is 2.14. The fourth-order valence-corrected chi connectivity index (χ4v) is 3.29. The van der Waals surface area contributed by atoms with Crippen molar-refractivity contribution in [2.75, 3.05) is 13.2 Å². The average Bonchev–Trinajstić information content (AvgIpc) is 3.14. The van der Waals surface area contributed by atoms with Crippen molar-refractivity contribution in [2.24, 2.45) is 14.1 Å². The predicted molar refractivity (Wildman–Crippen MR) is 107 cm³/mol. The first-order chi connectivity index (χ1) is 13.8. The first kappa shape index (κ1) is 20.6. The van der Waals surface area contributed by atoms with Crippen LogP contribution in [0.25, 0.3) is 11.2 Å². The zero-order valence-electron chi connectivity index (χ0n) is 16.4. The van der Waals surface area contributed by atoms with Gasteiger partial charge in [-0.25, -0.2) is 9.78 Å². The highest BCUT2D eigenvalue weighted by atomic mass is 16.3. The van der Waals surface area contributed by atoms with Gasteiger partial charge in [0, 0.05) is 20.6 Å². The second-order valence-electron chi connectivity index (χ2n) is 6.96. The number of unbranched alkanes of at least 4 members (excludes halogenated alkanes) is 1. The lowest BCUT2D eigenvalue weighted by Crippen LogP contribution is -2.37. The Kier molecular flexibility index (Phi) is 6.04. The summed E-state index contributed by atoms with van der Waals surface area (Å²) in [5, 5.41) is 31.8. The number of aryl methyl sites for hydroxylation is 2. The molecule has 10 heteroatoms. The molecule has 4 N–H and O–H groups in total. The summed E-state index contributed by atoms with van der Waals surface area (Å²) in [6, 6.07) is 4.08. The first-order valence-electron chi connectivity index (χ1n) is 9.32. The molecule has 2 aromatic heterocycles. The number of hydrogen-bond donors (Lipinski definition) is 4. The van der Waals surface area contributed by atoms with Gasteiger partial charge in [-0.15, -0.1) is 0 Å². The molecule has 156 valence electrons. The molecule has 1 aromatic carbocycles. The number of aliphatic hydroxyl groups is 1. The normalized spacial score (nSPS) is 12.5. The summed E-state index contributed by atoms with van der Waals surface area (Å²) < 4.78 is 4.17. The minimum Gasteiger partial charge on any atom is -0.504 e. The Morgan fingerprint density at radius 2 is 1.86 bits per heavy atom. The average molecular weight is 403 g/mol. The number of nitrogens with one attached hydrogen (secondary N) is 1. The van der Waals surface area contributed by atoms with Crippen LogP contribution < -0.4 is 16.6 Å². The van der Waals surface area contributed by atoms with Crippen molar-refractivity contribution < 1.29 is 15.3 Å². The highest BCUT2D eigenvalue weighted by molar-refractivity contribution is 5.69. The number of imidazole rings is 1. The highest BCUT2D eigenvalue weighted by Crippen LogP contribution is 2.27. The molecular weight excluding hydrogens is 378 g/mol. The van der Waals surface area contributed by atoms with Crippen molar-refractivity contribution in [3.8, 4) is 11.5 Å². The summed E-state index contributed by atoms with van der Waals surface area (Å²) >= 11 is 0. The number of aliphatic hydroxyl groups excluding tert-OH is 1. The Morgan fingerprint density at radius 1 is 1.10 bits per heavy atom. The van der Waals surface area contributed by atoms with E-state index in [1.54, 1.807) is 24.0 Å². The van der Waals surface area contributed by atoms with E-state index in [9.17, 15) is 24.9 Å². The van der Waals surface area contributed by atoms with Gasteiger partial charge in [0.05, 0.1) is 19.0 Å². The van der Waals surface area contributed by atoms with Gasteiger partial charge in [0.25, 0.3) is 5.56 Å². The molecule has 10 nitrogen and oxygen atoms in total. The van der Waals surface area contributed by atoms with Crippen molar-refractivity contribution in [1.29, 1.82) is 0 Å². The van der Waals surface area contributed by atoms with Crippen LogP contribution >= 0.6 is 0 Å². The fourth-order valence-electron chi connectivity index (χ4n) is 3.29. The Morgan fingerprint density at radius 3 is 2.55 bits per heavy atom. The molecule has 0 spiro atoms. The molecule has 0 aliphatic rings. The third-order valence-corrected chi connectivity index (χ3v) is 5.02. The quantitative estimate of drug-likeness (QED) is 0.306. The predicted octanol–water partition coefficient (Wildman–Crippen LogP) is -0.0517. The van der Waals surface area contributed by atoms with E-state index >= 15 is 0 Å². The second kappa shape index (κ2) is 8.50. The molecule has 0 fully saturated rings. The lowest BCUT2D eigenvalue weighted by molar-refractivity contribution is 0.243. The summed E-state index contributed by atoms with van der Waals surface area (Å²) in [7, 11) is 3.03. The molecular formula is C19H25N5O5. The Labute approximate surface area is 166 Å². The molecule has 0 aliphatic heterocycles. The molecule has 3 aromatic rings. The van der Waals surface area contributed by atoms with Crippen LogP contribution in [0.4, 0.5) is 0 Å². The third kappa shape index (κ3) is 4.03. The molecule has 29 heavy (non-hydrogen) atoms. The van der Waals surface area contributed by atoms with Crippen LogP contribution in [0.3, 0.4) is 0 Å². The van der Waals surface area contributed by atoms with Gasteiger partial charge >= 0.3 is 5.69 Å². The van der Waals surface area contributed by atoms with Gasteiger partial charge in [-0.05, 0) is 37.1 Å². The fraction of sp³-hybridized carbons (Fsp3) is 0.421. The van der Waals surface area contributed by atoms with E-state index in [1.807, 2.05) is 0 Å². The summed E-state index contributed by atoms with van der Waals surface area (Å²) in [5.41, 5.74) is 0.658. The molecule has 0 amide bonds. The van der Waals surface area contributed by atoms with Crippen LogP contribution in [-0.2, 0) is 20.6 Å². The van der Waals surface area contributed by atoms with Gasteiger partial charge in [0.1, 0.15) is 0 Å². The maximum atomic E-state index is 12.4. The van der Waals surface area contributed by atoms with Gasteiger partial charge < -0.3 is 25.2 Å². The SMILES string of the molecule is Cn1c(=O)c2c(ncn2CCCCNC(CO)c2ccc(O)c(O)c2)n(C)c1=O. The summed E-state index contributed by atoms with van der Waals surface area (Å²) in [5.74, 6) is -0.438. The molecule has 0 bridgehead atoms. The molecule has 0 saturated carbocycles. The molecule has 2 heterocycles. The number of aromatic nitrogens is 4. The van der Waals surface area contributed by atoms with Gasteiger partial charge in [-0.2, -0.15) is 0 Å². The van der Waals surface area contributed by atoms with Gasteiger partial charge in [0.2, 0.25) is 0 Å². The van der Waals surface area contributed by atoms with Crippen molar-refractivity contribution in [1.82, 2.24) is 24.0 Å². The van der Waals surface area contributed by atoms with Crippen molar-refractivity contribution >= 4 is 11.2 Å². The Hall–Kier alpha value is -3.11. The van der Waals surface area contributed by atoms with Crippen molar-refractivity contribution in [3.05, 3.63) is 50.9 Å². The first-order valence-corrected chi connectivity index (χ1v) is 9.32. The second-order valence-corrected chi connectivity index (χ2v) is 6.96. The third-order valence-electron chi connectivity index (χ3n) is 5.02. The monoisotopic (exact) mass is 403 g/mol. The van der Waals surface area contributed by atoms with Gasteiger partial charge in [-0.3, -0.25) is 13.9 Å². The minimum absolute atomic E-state index is 0.152. The number of hydrogen-bond acceptors (Lipinski definition) is 7. The Bertz CT molecular complexity index is 1130. The van der Waals surface area contributed by atoms with E-state index in [0.29, 0.717) is 29.8 Å². The topological polar surface area (TPSA) is 135 Å². The van der Waals surface area contributed by atoms with Crippen LogP contribution in [0.5, 0.6) is 11.5 Å². The number of rotatable bonds is 8. The maximum absolute atomic E-state index is 12.4. The molecule has 0 radical (unpaired) electrons. The van der Waals surface area contributed by atoms with Gasteiger partial charge in [0.15, 0.2) is 22.7 Å². The number of phenolic OH excluding ortho intramolecular Hbond substituents is 2. The zero-order chi connectivity index (χ0) is 21.1. The lowest BCUT2D eigenvalue weighted by Gasteiger charge is -2.17. The number of aromatic hydroxyl groups is 2. The van der Waals surface area contributed by atoms with Crippen LogP contribution in [0, 0.1) is 0 Å². The van der Waals surface area contributed by atoms with Crippen LogP contribution in [0.2, 0.25) is 0 Å². The van der Waals surface area contributed by atoms with E-state index in [1.165, 1.54) is 23.7 Å². The number of benzene rings is 1. The van der Waals surface area contributed by atoms with Crippen LogP contribution in [-0.4, -0.2) is 47.2 Å². The lowest BCUT2D eigenvalue weighted by atomic mass is 10.1. The maximum Gasteiger partial charge on any atom is 0.332 e. The number of fused-ring (bicyclic) bond motifs is 1. The summed E-state index contributed by atoms with van der Waals surface area (Å²) in [6.07, 6.45) is 3.09. The summed E-state index contributed by atoms with van der Waals surface area (Å²) in [6.45, 7) is 1.02. The van der Waals surface area contributed by atoms with Gasteiger partial charge in [-0.1, -0.05) is 6.07 Å². The van der Waals surface area contributed by atoms with Crippen molar-refractivity contribution in [3.63, 3.8) is 0 Å². The van der Waals surface area contributed by atoms with Crippen molar-refractivity contribution in [2.45, 2.75) is 25.4 Å². The smallest absolute Gasteiger partial charge is 0.332 e. The number of nitrogens with zero attached hydrogens (tertiary/aromatic N) is 4. The van der Waals surface area contributed by atoms with Crippen LogP contribution in [0.15, 0.2) is 34.1 Å². The van der Waals surface area contributed by atoms with E-state index in [-0.39, 0.29) is 29.7 Å². The molecule has 3 rings (SSSR count). The standard InChI is InChI=1S/C19H25N5O5/c1-22-17-16(18(28)23(2)19(22)29)24(11-21-17)8-4-3-7-20-13(10-25)12-5-6-14(26)15(27)9-12/h5-6,9,11,13,20,25-27H,3-4,7-8,10H2,1-2H3. The van der Waals surface area contributed by atoms with E-state index in [0.717, 1.165) is 17.4 Å². The van der Waals surface area contributed by atoms with Crippen LogP contribution in [0.1, 0.15) is 24.4 Å². The molecule has 0 aliphatic carbocycles. The largest absolute Gasteiger partial charge is 0.504 e. The minimum atomic E-state index is -0.410. The zero-order valence-corrected chi connectivity index (χ0v) is 16.4. The molecule has 1 unspecified atom stereocenters. The Balaban J connectivity index is 1.60. The molecule has 0 saturated heterocycles. The van der Waals surface area contributed by atoms with E-state index < -0.39 is 5.69 Å².